The number of methoxy groups -OCH3 is 1. The van der Waals surface area contributed by atoms with Gasteiger partial charge in [-0.25, -0.2) is 13.8 Å². The molecule has 6 heteroatoms. The standard InChI is InChI=1S/C23H16F2N2O2/c1-29-22-13-21(14-2-6-16(24)7-3-14)27-20-11-10-18(12-19(20)22)26-23(28)15-4-8-17(25)9-5-15/h2-13H,1H3,(H,26,28). The number of aromatic nitrogens is 1. The highest BCUT2D eigenvalue weighted by molar-refractivity contribution is 6.05. The SMILES string of the molecule is COc1cc(-c2ccc(F)cc2)nc2ccc(NC(=O)c3ccc(F)cc3)cc12. The van der Waals surface area contributed by atoms with E-state index in [9.17, 15) is 13.6 Å². The number of carbonyl (C=O) groups is 1. The highest BCUT2D eigenvalue weighted by atomic mass is 19.1. The van der Waals surface area contributed by atoms with Gasteiger partial charge in [0.25, 0.3) is 5.91 Å². The predicted molar refractivity (Wildman–Crippen MR) is 108 cm³/mol. The van der Waals surface area contributed by atoms with E-state index < -0.39 is 5.82 Å². The van der Waals surface area contributed by atoms with Crippen LogP contribution in [0.3, 0.4) is 0 Å². The number of amides is 1. The lowest BCUT2D eigenvalue weighted by Crippen LogP contribution is -2.11. The van der Waals surface area contributed by atoms with Gasteiger partial charge in [0.2, 0.25) is 0 Å². The minimum absolute atomic E-state index is 0.317. The molecule has 0 aliphatic carbocycles. The Morgan fingerprint density at radius 1 is 0.897 bits per heavy atom. The van der Waals surface area contributed by atoms with E-state index in [0.717, 1.165) is 10.9 Å². The fraction of sp³-hybridized carbons (Fsp3) is 0.0435. The molecule has 0 atom stereocenters. The van der Waals surface area contributed by atoms with Crippen LogP contribution >= 0.6 is 0 Å². The van der Waals surface area contributed by atoms with Crippen LogP contribution in [0.4, 0.5) is 14.5 Å². The Labute approximate surface area is 165 Å². The molecule has 1 heterocycles. The van der Waals surface area contributed by atoms with Crippen LogP contribution in [0.15, 0.2) is 72.8 Å². The molecule has 1 amide bonds. The second-order valence-electron chi connectivity index (χ2n) is 6.41. The van der Waals surface area contributed by atoms with Crippen molar-refractivity contribution in [3.8, 4) is 17.0 Å². The first-order valence-electron chi connectivity index (χ1n) is 8.85. The van der Waals surface area contributed by atoms with Crippen molar-refractivity contribution in [2.24, 2.45) is 0 Å². The van der Waals surface area contributed by atoms with Gasteiger partial charge in [-0.1, -0.05) is 0 Å². The van der Waals surface area contributed by atoms with E-state index in [1.54, 1.807) is 43.5 Å². The summed E-state index contributed by atoms with van der Waals surface area (Å²) < 4.78 is 31.7. The average molecular weight is 390 g/mol. The van der Waals surface area contributed by atoms with Gasteiger partial charge in [-0.15, -0.1) is 0 Å². The molecule has 4 aromatic rings. The van der Waals surface area contributed by atoms with E-state index >= 15 is 0 Å². The number of benzene rings is 3. The number of carbonyl (C=O) groups excluding carboxylic acids is 1. The minimum atomic E-state index is -0.403. The van der Waals surface area contributed by atoms with Crippen LogP contribution < -0.4 is 10.1 Å². The molecular weight excluding hydrogens is 374 g/mol. The number of hydrogen-bond donors (Lipinski definition) is 1. The lowest BCUT2D eigenvalue weighted by molar-refractivity contribution is 0.102. The van der Waals surface area contributed by atoms with Gasteiger partial charge in [-0.05, 0) is 66.7 Å². The first kappa shape index (κ1) is 18.6. The number of anilines is 1. The van der Waals surface area contributed by atoms with Gasteiger partial charge in [-0.2, -0.15) is 0 Å². The summed E-state index contributed by atoms with van der Waals surface area (Å²) in [6, 6.07) is 18.4. The van der Waals surface area contributed by atoms with Crippen molar-refractivity contribution >= 4 is 22.5 Å². The topological polar surface area (TPSA) is 51.2 Å². The maximum atomic E-state index is 13.2. The van der Waals surface area contributed by atoms with Crippen molar-refractivity contribution < 1.29 is 18.3 Å². The van der Waals surface area contributed by atoms with Crippen LogP contribution in [0.2, 0.25) is 0 Å². The molecule has 0 spiro atoms. The van der Waals surface area contributed by atoms with Crippen molar-refractivity contribution in [2.45, 2.75) is 0 Å². The van der Waals surface area contributed by atoms with Crippen LogP contribution in [0.1, 0.15) is 10.4 Å². The third-order valence-electron chi connectivity index (χ3n) is 4.49. The van der Waals surface area contributed by atoms with Gasteiger partial charge in [0.1, 0.15) is 17.4 Å². The Morgan fingerprint density at radius 2 is 1.55 bits per heavy atom. The summed E-state index contributed by atoms with van der Waals surface area (Å²) in [5.74, 6) is -0.491. The Kier molecular flexibility index (Phi) is 4.91. The fourth-order valence-corrected chi connectivity index (χ4v) is 3.01. The molecule has 4 nitrogen and oxygen atoms in total. The van der Waals surface area contributed by atoms with E-state index in [1.165, 1.54) is 36.4 Å². The van der Waals surface area contributed by atoms with Crippen molar-refractivity contribution in [1.82, 2.24) is 4.98 Å². The minimum Gasteiger partial charge on any atom is -0.496 e. The number of halogens is 2. The molecule has 144 valence electrons. The van der Waals surface area contributed by atoms with E-state index in [-0.39, 0.29) is 11.7 Å². The highest BCUT2D eigenvalue weighted by Gasteiger charge is 2.11. The smallest absolute Gasteiger partial charge is 0.255 e. The molecule has 1 N–H and O–H groups in total. The van der Waals surface area contributed by atoms with Crippen LogP contribution in [0, 0.1) is 11.6 Å². The molecule has 3 aromatic carbocycles. The molecule has 0 aliphatic heterocycles. The summed E-state index contributed by atoms with van der Waals surface area (Å²) in [6.45, 7) is 0. The Balaban J connectivity index is 1.68. The summed E-state index contributed by atoms with van der Waals surface area (Å²) in [7, 11) is 1.55. The molecule has 0 radical (unpaired) electrons. The number of nitrogens with zero attached hydrogens (tertiary/aromatic N) is 1. The van der Waals surface area contributed by atoms with Crippen LogP contribution in [-0.2, 0) is 0 Å². The lowest BCUT2D eigenvalue weighted by Gasteiger charge is -2.11. The number of ether oxygens (including phenoxy) is 1. The fourth-order valence-electron chi connectivity index (χ4n) is 3.01. The van der Waals surface area contributed by atoms with Gasteiger partial charge >= 0.3 is 0 Å². The Bertz CT molecular complexity index is 1190. The summed E-state index contributed by atoms with van der Waals surface area (Å²) in [5, 5.41) is 3.51. The van der Waals surface area contributed by atoms with Gasteiger partial charge in [-0.3, -0.25) is 4.79 Å². The Hall–Kier alpha value is -3.80. The third kappa shape index (κ3) is 3.91. The number of fused-ring (bicyclic) bond motifs is 1. The second kappa shape index (κ2) is 7.67. The van der Waals surface area contributed by atoms with Gasteiger partial charge in [0.15, 0.2) is 0 Å². The summed E-state index contributed by atoms with van der Waals surface area (Å²) in [6.07, 6.45) is 0. The molecule has 0 bridgehead atoms. The molecule has 0 aliphatic rings. The predicted octanol–water partition coefficient (Wildman–Crippen LogP) is 5.44. The first-order valence-corrected chi connectivity index (χ1v) is 8.85. The molecule has 1 aromatic heterocycles. The van der Waals surface area contributed by atoms with E-state index in [2.05, 4.69) is 10.3 Å². The molecule has 0 saturated heterocycles. The third-order valence-corrected chi connectivity index (χ3v) is 4.49. The van der Waals surface area contributed by atoms with Crippen LogP contribution in [-0.4, -0.2) is 18.0 Å². The van der Waals surface area contributed by atoms with Gasteiger partial charge < -0.3 is 10.1 Å². The zero-order valence-electron chi connectivity index (χ0n) is 15.4. The van der Waals surface area contributed by atoms with Crippen LogP contribution in [0.5, 0.6) is 5.75 Å². The van der Waals surface area contributed by atoms with Gasteiger partial charge in [0.05, 0.1) is 18.3 Å². The molecule has 0 saturated carbocycles. The quantitative estimate of drug-likeness (QED) is 0.505. The first-order chi connectivity index (χ1) is 14.0. The summed E-state index contributed by atoms with van der Waals surface area (Å²) in [5.41, 5.74) is 2.99. The Morgan fingerprint density at radius 3 is 2.21 bits per heavy atom. The zero-order chi connectivity index (χ0) is 20.4. The number of nitrogens with one attached hydrogen (secondary N) is 1. The van der Waals surface area contributed by atoms with E-state index in [1.807, 2.05) is 0 Å². The lowest BCUT2D eigenvalue weighted by atomic mass is 10.1. The highest BCUT2D eigenvalue weighted by Crippen LogP contribution is 2.32. The van der Waals surface area contributed by atoms with Crippen molar-refractivity contribution in [1.29, 1.82) is 0 Å². The van der Waals surface area contributed by atoms with Gasteiger partial charge in [0, 0.05) is 28.3 Å². The van der Waals surface area contributed by atoms with Crippen LogP contribution in [0.25, 0.3) is 22.2 Å². The summed E-state index contributed by atoms with van der Waals surface area (Å²) >= 11 is 0. The molecule has 0 unspecified atom stereocenters. The number of rotatable bonds is 4. The molecule has 29 heavy (non-hydrogen) atoms. The normalized spacial score (nSPS) is 10.7. The number of pyridine rings is 1. The molecule has 4 rings (SSSR count). The second-order valence-corrected chi connectivity index (χ2v) is 6.41. The maximum absolute atomic E-state index is 13.2. The van der Waals surface area contributed by atoms with E-state index in [0.29, 0.717) is 28.2 Å². The maximum Gasteiger partial charge on any atom is 0.255 e. The van der Waals surface area contributed by atoms with Crippen molar-refractivity contribution in [2.75, 3.05) is 12.4 Å². The average Bonchev–Trinajstić information content (AvgIpc) is 2.74. The molecular formula is C23H16F2N2O2. The van der Waals surface area contributed by atoms with Crippen molar-refractivity contribution in [3.05, 3.63) is 90.0 Å². The zero-order valence-corrected chi connectivity index (χ0v) is 15.4. The molecule has 0 fully saturated rings. The van der Waals surface area contributed by atoms with E-state index in [4.69, 9.17) is 4.74 Å². The largest absolute Gasteiger partial charge is 0.496 e. The number of hydrogen-bond acceptors (Lipinski definition) is 3. The van der Waals surface area contributed by atoms with Crippen molar-refractivity contribution in [3.63, 3.8) is 0 Å². The monoisotopic (exact) mass is 390 g/mol. The summed E-state index contributed by atoms with van der Waals surface area (Å²) in [4.78, 5) is 17.0.